The van der Waals surface area contributed by atoms with E-state index < -0.39 is 11.7 Å². The zero-order valence-corrected chi connectivity index (χ0v) is 7.56. The fraction of sp³-hybridized carbons (Fsp3) is 0.125. The van der Waals surface area contributed by atoms with Gasteiger partial charge in [0.2, 0.25) is 6.08 Å². The molecule has 1 aromatic carbocycles. The smallest absolute Gasteiger partial charge is 0.211 e. The van der Waals surface area contributed by atoms with Crippen molar-refractivity contribution >= 4 is 24.4 Å². The van der Waals surface area contributed by atoms with Crippen molar-refractivity contribution in [2.24, 2.45) is 4.99 Å². The zero-order valence-electron chi connectivity index (χ0n) is 6.67. The number of isocyanates is 1. The van der Waals surface area contributed by atoms with Crippen LogP contribution in [-0.4, -0.2) is 6.08 Å². The van der Waals surface area contributed by atoms with Crippen molar-refractivity contribution in [3.8, 4) is 0 Å². The normalized spacial score (nSPS) is 10.9. The molecule has 0 fully saturated rings. The molecule has 0 aromatic heterocycles. The van der Waals surface area contributed by atoms with E-state index >= 15 is 0 Å². The summed E-state index contributed by atoms with van der Waals surface area (Å²) in [5.41, 5.74) is -1.06. The highest BCUT2D eigenvalue weighted by atomic mass is 32.1. The highest BCUT2D eigenvalue weighted by Gasteiger charge is 2.33. The molecule has 0 radical (unpaired) electrons. The summed E-state index contributed by atoms with van der Waals surface area (Å²) >= 11 is 3.65. The molecular formula is C8H4F3NOS. The Labute approximate surface area is 82.9 Å². The fourth-order valence-electron chi connectivity index (χ4n) is 0.899. The number of nitrogens with zero attached hydrogens (tertiary/aromatic N) is 1. The van der Waals surface area contributed by atoms with E-state index in [1.807, 2.05) is 0 Å². The number of hydrogen-bond acceptors (Lipinski definition) is 3. The summed E-state index contributed by atoms with van der Waals surface area (Å²) < 4.78 is 36.8. The van der Waals surface area contributed by atoms with E-state index in [0.717, 1.165) is 18.2 Å². The Morgan fingerprint density at radius 2 is 2.00 bits per heavy atom. The summed E-state index contributed by atoms with van der Waals surface area (Å²) in [6.07, 6.45) is -3.33. The zero-order chi connectivity index (χ0) is 10.8. The van der Waals surface area contributed by atoms with Crippen LogP contribution < -0.4 is 0 Å². The maximum absolute atomic E-state index is 12.3. The Balaban J connectivity index is 3.34. The largest absolute Gasteiger partial charge is 0.417 e. The Kier molecular flexibility index (Phi) is 2.98. The minimum Gasteiger partial charge on any atom is -0.211 e. The van der Waals surface area contributed by atoms with E-state index in [9.17, 15) is 18.0 Å². The van der Waals surface area contributed by atoms with Gasteiger partial charge in [0.05, 0.1) is 11.3 Å². The van der Waals surface area contributed by atoms with Gasteiger partial charge in [0.1, 0.15) is 0 Å². The molecule has 0 unspecified atom stereocenters. The lowest BCUT2D eigenvalue weighted by atomic mass is 10.2. The standard InChI is InChI=1S/C8H4F3NOS/c9-8(10,11)5-2-1-3-6(7(5)14)12-4-13/h1-3,14H. The Hall–Kier alpha value is -1.26. The summed E-state index contributed by atoms with van der Waals surface area (Å²) in [6, 6.07) is 3.27. The molecule has 0 bridgehead atoms. The van der Waals surface area contributed by atoms with Gasteiger partial charge in [-0.3, -0.25) is 0 Å². The average molecular weight is 219 g/mol. The molecule has 74 valence electrons. The quantitative estimate of drug-likeness (QED) is 0.439. The van der Waals surface area contributed by atoms with Crippen LogP contribution in [0.25, 0.3) is 0 Å². The molecule has 0 aliphatic heterocycles. The van der Waals surface area contributed by atoms with Crippen molar-refractivity contribution in [3.63, 3.8) is 0 Å². The first-order valence-corrected chi connectivity index (χ1v) is 3.88. The van der Waals surface area contributed by atoms with Crippen LogP contribution in [0.2, 0.25) is 0 Å². The first-order valence-electron chi connectivity index (χ1n) is 3.44. The topological polar surface area (TPSA) is 29.4 Å². The fourth-order valence-corrected chi connectivity index (χ4v) is 1.23. The summed E-state index contributed by atoms with van der Waals surface area (Å²) in [4.78, 5) is 12.6. The van der Waals surface area contributed by atoms with Crippen LogP contribution in [-0.2, 0) is 11.0 Å². The highest BCUT2D eigenvalue weighted by Crippen LogP contribution is 2.37. The lowest BCUT2D eigenvalue weighted by Gasteiger charge is -2.09. The summed E-state index contributed by atoms with van der Waals surface area (Å²) in [7, 11) is 0. The van der Waals surface area contributed by atoms with Gasteiger partial charge in [0.15, 0.2) is 0 Å². The third-order valence-electron chi connectivity index (χ3n) is 1.49. The number of alkyl halides is 3. The van der Waals surface area contributed by atoms with Crippen LogP contribution in [0.15, 0.2) is 28.1 Å². The molecule has 14 heavy (non-hydrogen) atoms. The summed E-state index contributed by atoms with van der Waals surface area (Å²) in [5, 5.41) is 0. The molecule has 0 aliphatic rings. The highest BCUT2D eigenvalue weighted by molar-refractivity contribution is 7.80. The molecular weight excluding hydrogens is 215 g/mol. The van der Waals surface area contributed by atoms with Crippen LogP contribution in [0.5, 0.6) is 0 Å². The SMILES string of the molecule is O=C=Nc1cccc(C(F)(F)F)c1S. The molecule has 6 heteroatoms. The Bertz CT molecular complexity index is 396. The minimum absolute atomic E-state index is 0.141. The number of aliphatic imine (C=N–C) groups is 1. The second-order valence-electron chi connectivity index (χ2n) is 2.37. The predicted octanol–water partition coefficient (Wildman–Crippen LogP) is 2.96. The van der Waals surface area contributed by atoms with Gasteiger partial charge >= 0.3 is 6.18 Å². The van der Waals surface area contributed by atoms with Gasteiger partial charge in [-0.15, -0.1) is 12.6 Å². The van der Waals surface area contributed by atoms with Crippen LogP contribution in [0.3, 0.4) is 0 Å². The third-order valence-corrected chi connectivity index (χ3v) is 1.96. The monoisotopic (exact) mass is 219 g/mol. The maximum atomic E-state index is 12.3. The second kappa shape index (κ2) is 3.86. The molecule has 0 atom stereocenters. The van der Waals surface area contributed by atoms with Crippen molar-refractivity contribution in [2.45, 2.75) is 11.1 Å². The van der Waals surface area contributed by atoms with E-state index in [0.29, 0.717) is 0 Å². The van der Waals surface area contributed by atoms with Gasteiger partial charge in [-0.25, -0.2) is 4.79 Å². The third kappa shape index (κ3) is 2.16. The first kappa shape index (κ1) is 10.8. The molecule has 2 nitrogen and oxygen atoms in total. The predicted molar refractivity (Wildman–Crippen MR) is 46.5 cm³/mol. The second-order valence-corrected chi connectivity index (χ2v) is 2.82. The molecule has 0 saturated heterocycles. The number of thiol groups is 1. The maximum Gasteiger partial charge on any atom is 0.417 e. The van der Waals surface area contributed by atoms with Crippen LogP contribution >= 0.6 is 12.6 Å². The van der Waals surface area contributed by atoms with Crippen molar-refractivity contribution in [1.82, 2.24) is 0 Å². The van der Waals surface area contributed by atoms with Crippen molar-refractivity contribution in [3.05, 3.63) is 23.8 Å². The van der Waals surface area contributed by atoms with Gasteiger partial charge < -0.3 is 0 Å². The molecule has 0 saturated carbocycles. The summed E-state index contributed by atoms with van der Waals surface area (Å²) in [5.74, 6) is 0. The lowest BCUT2D eigenvalue weighted by molar-refractivity contribution is -0.139. The van der Waals surface area contributed by atoms with E-state index in [4.69, 9.17) is 0 Å². The number of halogens is 3. The molecule has 0 spiro atoms. The first-order chi connectivity index (χ1) is 6.46. The molecule has 0 aliphatic carbocycles. The van der Waals surface area contributed by atoms with Crippen LogP contribution in [0, 0.1) is 0 Å². The van der Waals surface area contributed by atoms with Gasteiger partial charge in [-0.05, 0) is 12.1 Å². The van der Waals surface area contributed by atoms with Crippen molar-refractivity contribution < 1.29 is 18.0 Å². The molecule has 0 heterocycles. The Morgan fingerprint density at radius 1 is 1.36 bits per heavy atom. The number of carbonyl (C=O) groups excluding carboxylic acids is 1. The van der Waals surface area contributed by atoms with E-state index in [1.54, 1.807) is 0 Å². The number of benzene rings is 1. The molecule has 1 aromatic rings. The van der Waals surface area contributed by atoms with Crippen LogP contribution in [0.4, 0.5) is 18.9 Å². The van der Waals surface area contributed by atoms with Crippen molar-refractivity contribution in [2.75, 3.05) is 0 Å². The van der Waals surface area contributed by atoms with Crippen molar-refractivity contribution in [1.29, 1.82) is 0 Å². The van der Waals surface area contributed by atoms with Gasteiger partial charge in [-0.1, -0.05) is 6.07 Å². The van der Waals surface area contributed by atoms with E-state index in [-0.39, 0.29) is 10.6 Å². The van der Waals surface area contributed by atoms with Gasteiger partial charge in [0, 0.05) is 4.90 Å². The van der Waals surface area contributed by atoms with Gasteiger partial charge in [-0.2, -0.15) is 18.2 Å². The molecule has 0 amide bonds. The summed E-state index contributed by atoms with van der Waals surface area (Å²) in [6.45, 7) is 0. The molecule has 0 N–H and O–H groups in total. The van der Waals surface area contributed by atoms with Gasteiger partial charge in [0.25, 0.3) is 0 Å². The lowest BCUT2D eigenvalue weighted by Crippen LogP contribution is -2.05. The Morgan fingerprint density at radius 3 is 2.50 bits per heavy atom. The number of hydrogen-bond donors (Lipinski definition) is 1. The van der Waals surface area contributed by atoms with E-state index in [2.05, 4.69) is 17.6 Å². The average Bonchev–Trinajstić information content (AvgIpc) is 2.07. The minimum atomic E-state index is -4.49. The van der Waals surface area contributed by atoms with Crippen LogP contribution in [0.1, 0.15) is 5.56 Å². The van der Waals surface area contributed by atoms with E-state index in [1.165, 1.54) is 6.07 Å². The number of rotatable bonds is 1. The molecule has 1 rings (SSSR count).